The molecular weight excluding hydrogens is 227 g/mol. The maximum atomic E-state index is 13.7. The Hall–Kier alpha value is -1.03. The van der Waals surface area contributed by atoms with Crippen molar-refractivity contribution < 1.29 is 13.2 Å². The molecule has 0 aromatic heterocycles. The number of hydrogen-bond acceptors (Lipinski definition) is 1. The third-order valence-electron chi connectivity index (χ3n) is 3.95. The van der Waals surface area contributed by atoms with Crippen LogP contribution < -0.4 is 5.32 Å². The van der Waals surface area contributed by atoms with Gasteiger partial charge in [0.15, 0.2) is 11.6 Å². The van der Waals surface area contributed by atoms with E-state index >= 15 is 0 Å². The first-order valence-corrected chi connectivity index (χ1v) is 6.04. The molecule has 2 fully saturated rings. The first kappa shape index (κ1) is 11.1. The molecule has 0 saturated carbocycles. The molecule has 1 N–H and O–H groups in total. The fourth-order valence-corrected chi connectivity index (χ4v) is 3.16. The molecule has 92 valence electrons. The van der Waals surface area contributed by atoms with Crippen LogP contribution in [0, 0.1) is 17.5 Å². The summed E-state index contributed by atoms with van der Waals surface area (Å²) in [6.45, 7) is 0. The molecule has 1 aromatic rings. The van der Waals surface area contributed by atoms with Crippen molar-refractivity contribution in [1.29, 1.82) is 0 Å². The molecule has 3 rings (SSSR count). The first-order valence-electron chi connectivity index (χ1n) is 6.04. The van der Waals surface area contributed by atoms with Crippen molar-refractivity contribution in [3.63, 3.8) is 0 Å². The molecule has 0 spiro atoms. The highest BCUT2D eigenvalue weighted by Crippen LogP contribution is 2.38. The van der Waals surface area contributed by atoms with Crippen molar-refractivity contribution in [3.8, 4) is 0 Å². The summed E-state index contributed by atoms with van der Waals surface area (Å²) in [6.07, 6.45) is 3.84. The van der Waals surface area contributed by atoms with Gasteiger partial charge >= 0.3 is 0 Å². The molecule has 1 aromatic carbocycles. The van der Waals surface area contributed by atoms with Gasteiger partial charge in [-0.3, -0.25) is 0 Å². The number of nitrogens with one attached hydrogen (secondary N) is 1. The van der Waals surface area contributed by atoms with Crippen molar-refractivity contribution in [3.05, 3.63) is 35.1 Å². The van der Waals surface area contributed by atoms with Gasteiger partial charge < -0.3 is 5.32 Å². The van der Waals surface area contributed by atoms with Gasteiger partial charge in [-0.1, -0.05) is 0 Å². The number of benzene rings is 1. The van der Waals surface area contributed by atoms with Gasteiger partial charge in [-0.05, 0) is 43.2 Å². The van der Waals surface area contributed by atoms with E-state index in [0.29, 0.717) is 23.7 Å². The smallest absolute Gasteiger partial charge is 0.161 e. The second-order valence-corrected chi connectivity index (χ2v) is 5.09. The molecule has 1 nitrogen and oxygen atoms in total. The zero-order chi connectivity index (χ0) is 12.0. The fourth-order valence-electron chi connectivity index (χ4n) is 3.16. The quantitative estimate of drug-likeness (QED) is 0.745. The largest absolute Gasteiger partial charge is 0.311 e. The second kappa shape index (κ2) is 4.02. The lowest BCUT2D eigenvalue weighted by Crippen LogP contribution is -2.37. The molecule has 2 saturated heterocycles. The van der Waals surface area contributed by atoms with Crippen molar-refractivity contribution in [2.75, 3.05) is 0 Å². The summed E-state index contributed by atoms with van der Waals surface area (Å²) in [4.78, 5) is 0. The maximum Gasteiger partial charge on any atom is 0.161 e. The zero-order valence-electron chi connectivity index (χ0n) is 9.35. The van der Waals surface area contributed by atoms with Gasteiger partial charge in [-0.15, -0.1) is 0 Å². The third-order valence-corrected chi connectivity index (χ3v) is 3.95. The van der Waals surface area contributed by atoms with Crippen LogP contribution >= 0.6 is 0 Å². The molecule has 17 heavy (non-hydrogen) atoms. The van der Waals surface area contributed by atoms with Crippen LogP contribution in [-0.2, 0) is 0 Å². The van der Waals surface area contributed by atoms with Gasteiger partial charge in [0.1, 0.15) is 5.82 Å². The van der Waals surface area contributed by atoms with E-state index in [1.807, 2.05) is 0 Å². The van der Waals surface area contributed by atoms with Crippen molar-refractivity contribution in [1.82, 2.24) is 5.32 Å². The lowest BCUT2D eigenvalue weighted by atomic mass is 9.86. The minimum Gasteiger partial charge on any atom is -0.311 e. The topological polar surface area (TPSA) is 12.0 Å². The highest BCUT2D eigenvalue weighted by molar-refractivity contribution is 5.25. The fraction of sp³-hybridized carbons (Fsp3) is 0.538. The Morgan fingerprint density at radius 1 is 0.882 bits per heavy atom. The lowest BCUT2D eigenvalue weighted by molar-refractivity contribution is 0.354. The number of fused-ring (bicyclic) bond motifs is 2. The predicted octanol–water partition coefficient (Wildman–Crippen LogP) is 3.10. The van der Waals surface area contributed by atoms with E-state index in [0.717, 1.165) is 31.7 Å². The number of halogens is 3. The minimum absolute atomic E-state index is 0.0175. The Morgan fingerprint density at radius 2 is 1.47 bits per heavy atom. The summed E-state index contributed by atoms with van der Waals surface area (Å²) >= 11 is 0. The molecular formula is C13H14F3N. The molecule has 2 aliphatic rings. The number of rotatable bonds is 1. The molecule has 1 unspecified atom stereocenters. The lowest BCUT2D eigenvalue weighted by Gasteiger charge is -2.29. The average molecular weight is 241 g/mol. The van der Waals surface area contributed by atoms with Gasteiger partial charge in [-0.2, -0.15) is 0 Å². The molecule has 4 heteroatoms. The summed E-state index contributed by atoms with van der Waals surface area (Å²) in [7, 11) is 0. The van der Waals surface area contributed by atoms with Gasteiger partial charge in [0.25, 0.3) is 0 Å². The molecule has 0 amide bonds. The van der Waals surface area contributed by atoms with E-state index in [1.165, 1.54) is 0 Å². The van der Waals surface area contributed by atoms with Crippen molar-refractivity contribution >= 4 is 0 Å². The molecule has 2 heterocycles. The van der Waals surface area contributed by atoms with Gasteiger partial charge in [-0.25, -0.2) is 13.2 Å². The van der Waals surface area contributed by atoms with Crippen LogP contribution in [-0.4, -0.2) is 12.1 Å². The second-order valence-electron chi connectivity index (χ2n) is 5.09. The summed E-state index contributed by atoms with van der Waals surface area (Å²) in [5.41, 5.74) is 0.335. The minimum atomic E-state index is -1.11. The van der Waals surface area contributed by atoms with Crippen LogP contribution in [0.2, 0.25) is 0 Å². The van der Waals surface area contributed by atoms with Crippen LogP contribution in [0.15, 0.2) is 12.1 Å². The highest BCUT2D eigenvalue weighted by atomic mass is 19.2. The molecule has 3 atom stereocenters. The number of piperidine rings is 1. The van der Waals surface area contributed by atoms with Crippen LogP contribution in [0.5, 0.6) is 0 Å². The summed E-state index contributed by atoms with van der Waals surface area (Å²) in [6, 6.07) is 2.51. The Labute approximate surface area is 98.0 Å². The Morgan fingerprint density at radius 3 is 2.12 bits per heavy atom. The van der Waals surface area contributed by atoms with Crippen LogP contribution in [0.3, 0.4) is 0 Å². The van der Waals surface area contributed by atoms with Gasteiger partial charge in [0.2, 0.25) is 0 Å². The van der Waals surface area contributed by atoms with E-state index in [-0.39, 0.29) is 5.92 Å². The van der Waals surface area contributed by atoms with Crippen molar-refractivity contribution in [2.24, 2.45) is 0 Å². The van der Waals surface area contributed by atoms with Crippen LogP contribution in [0.4, 0.5) is 13.2 Å². The highest BCUT2D eigenvalue weighted by Gasteiger charge is 2.35. The average Bonchev–Trinajstić information content (AvgIpc) is 2.63. The van der Waals surface area contributed by atoms with Crippen LogP contribution in [0.25, 0.3) is 0 Å². The summed E-state index contributed by atoms with van der Waals surface area (Å²) in [5, 5.41) is 3.45. The SMILES string of the molecule is Fc1cc(F)c(C2C[C@H]3CC[C@@H](C2)N3)cc1F. The Kier molecular flexibility index (Phi) is 2.62. The standard InChI is InChI=1S/C13H14F3N/c14-11-6-13(16)12(15)5-10(11)7-3-8-1-2-9(4-7)17-8/h5-9,17H,1-4H2/t7?,8-,9+. The van der Waals surface area contributed by atoms with E-state index in [9.17, 15) is 13.2 Å². The van der Waals surface area contributed by atoms with Gasteiger partial charge in [0, 0.05) is 18.2 Å². The predicted molar refractivity (Wildman–Crippen MR) is 58.2 cm³/mol. The molecule has 2 bridgehead atoms. The summed E-state index contributed by atoms with van der Waals surface area (Å²) < 4.78 is 39.7. The van der Waals surface area contributed by atoms with E-state index in [1.54, 1.807) is 0 Å². The normalized spacial score (nSPS) is 31.8. The summed E-state index contributed by atoms with van der Waals surface area (Å²) in [5.74, 6) is -2.66. The van der Waals surface area contributed by atoms with E-state index in [4.69, 9.17) is 0 Å². The van der Waals surface area contributed by atoms with Gasteiger partial charge in [0.05, 0.1) is 0 Å². The number of hydrogen-bond donors (Lipinski definition) is 1. The van der Waals surface area contributed by atoms with Crippen LogP contribution in [0.1, 0.15) is 37.2 Å². The monoisotopic (exact) mass is 241 g/mol. The van der Waals surface area contributed by atoms with E-state index in [2.05, 4.69) is 5.32 Å². The molecule has 2 aliphatic heterocycles. The Balaban J connectivity index is 1.91. The molecule has 0 radical (unpaired) electrons. The maximum absolute atomic E-state index is 13.7. The van der Waals surface area contributed by atoms with E-state index < -0.39 is 17.5 Å². The molecule has 0 aliphatic carbocycles. The Bertz CT molecular complexity index is 435. The third kappa shape index (κ3) is 1.95. The first-order chi connectivity index (χ1) is 8.13. The zero-order valence-corrected chi connectivity index (χ0v) is 9.35. The van der Waals surface area contributed by atoms with Crippen molar-refractivity contribution in [2.45, 2.75) is 43.7 Å².